The van der Waals surface area contributed by atoms with Crippen LogP contribution in [0.2, 0.25) is 0 Å². The predicted octanol–water partition coefficient (Wildman–Crippen LogP) is 7.52. The Morgan fingerprint density at radius 1 is 0.735 bits per heavy atom. The van der Waals surface area contributed by atoms with E-state index in [4.69, 9.17) is 0 Å². The van der Waals surface area contributed by atoms with Crippen LogP contribution in [0, 0.1) is 31.8 Å². The van der Waals surface area contributed by atoms with Crippen molar-refractivity contribution in [2.24, 2.45) is 0 Å². The maximum Gasteiger partial charge on any atom is 0.0408 e. The van der Waals surface area contributed by atoms with Crippen LogP contribution in [-0.2, 0) is 20.1 Å². The Hall–Kier alpha value is -3.46. The molecule has 0 unspecified atom stereocenters. The fraction of sp³-hybridized carbons (Fsp3) is 0.0667. The third-order valence-electron chi connectivity index (χ3n) is 5.20. The average molecular weight is 623 g/mol. The number of pyridine rings is 2. The maximum atomic E-state index is 13.3. The minimum Gasteiger partial charge on any atom is -0.305 e. The minimum absolute atomic E-state index is 0. The molecule has 0 fully saturated rings. The Morgan fingerprint density at radius 2 is 1.50 bits per heavy atom. The second-order valence-electron chi connectivity index (χ2n) is 7.59. The molecule has 1 radical (unpaired) electrons. The number of aryl methyl sites for hydroxylation is 2. The van der Waals surface area contributed by atoms with E-state index in [1.54, 1.807) is 19.2 Å². The summed E-state index contributed by atoms with van der Waals surface area (Å²) in [6, 6.07) is 35.2. The number of rotatable bonds is 3. The van der Waals surface area contributed by atoms with Crippen molar-refractivity contribution in [3.05, 3.63) is 132 Å². The molecule has 0 aliphatic carbocycles. The van der Waals surface area contributed by atoms with E-state index in [-0.39, 0.29) is 25.9 Å². The summed E-state index contributed by atoms with van der Waals surface area (Å²) >= 11 is 0. The molecule has 0 bridgehead atoms. The van der Waals surface area contributed by atoms with Crippen LogP contribution >= 0.6 is 0 Å². The van der Waals surface area contributed by atoms with Gasteiger partial charge in [0, 0.05) is 43.9 Å². The van der Waals surface area contributed by atoms with Gasteiger partial charge in [-0.05, 0) is 35.5 Å². The van der Waals surface area contributed by atoms with E-state index >= 15 is 0 Å². The van der Waals surface area contributed by atoms with Gasteiger partial charge in [0.1, 0.15) is 0 Å². The van der Waals surface area contributed by atoms with Crippen LogP contribution in [0.3, 0.4) is 0 Å². The van der Waals surface area contributed by atoms with Gasteiger partial charge in [0.25, 0.3) is 0 Å². The second-order valence-corrected chi connectivity index (χ2v) is 7.59. The van der Waals surface area contributed by atoms with E-state index < -0.39 is 0 Å². The van der Waals surface area contributed by atoms with Gasteiger partial charge in [0.05, 0.1) is 0 Å². The molecule has 0 atom stereocenters. The Bertz CT molecular complexity index is 1290. The molecule has 5 aromatic rings. The third-order valence-corrected chi connectivity index (χ3v) is 5.20. The molecule has 0 amide bonds. The van der Waals surface area contributed by atoms with Gasteiger partial charge in [0.2, 0.25) is 0 Å². The van der Waals surface area contributed by atoms with Crippen LogP contribution in [-0.4, -0.2) is 9.97 Å². The number of nitrogens with zero attached hydrogens (tertiary/aromatic N) is 2. The summed E-state index contributed by atoms with van der Waals surface area (Å²) in [4.78, 5) is 8.72. The smallest absolute Gasteiger partial charge is 0.0408 e. The fourth-order valence-corrected chi connectivity index (χ4v) is 3.43. The average Bonchev–Trinajstić information content (AvgIpc) is 2.88. The van der Waals surface area contributed by atoms with E-state index in [0.717, 1.165) is 39.2 Å². The van der Waals surface area contributed by atoms with E-state index in [2.05, 4.69) is 41.2 Å². The van der Waals surface area contributed by atoms with Crippen molar-refractivity contribution in [2.45, 2.75) is 13.8 Å². The number of benzene rings is 3. The molecule has 3 aromatic carbocycles. The molecule has 2 nitrogen and oxygen atoms in total. The summed E-state index contributed by atoms with van der Waals surface area (Å²) < 4.78 is 13.3. The van der Waals surface area contributed by atoms with Crippen molar-refractivity contribution >= 4 is 0 Å². The maximum absolute atomic E-state index is 13.3. The quantitative estimate of drug-likeness (QED) is 0.195. The first-order valence-electron chi connectivity index (χ1n) is 10.7. The summed E-state index contributed by atoms with van der Waals surface area (Å²) in [7, 11) is 0. The fourth-order valence-electron chi connectivity index (χ4n) is 3.43. The zero-order valence-electron chi connectivity index (χ0n) is 18.9. The SMILES string of the molecule is Cc1[c-]c(-c2cc(C)c(-c3ccccc3)cn2)ccc1F.[Ir].[c-]1ccccc1-c1ccccn1. The van der Waals surface area contributed by atoms with Crippen molar-refractivity contribution in [2.75, 3.05) is 0 Å². The molecular formula is C30H23FIrN2-2. The molecule has 0 aliphatic rings. The molecule has 5 rings (SSSR count). The normalized spacial score (nSPS) is 9.97. The summed E-state index contributed by atoms with van der Waals surface area (Å²) in [6.07, 6.45) is 3.66. The molecule has 171 valence electrons. The monoisotopic (exact) mass is 623 g/mol. The molecule has 0 saturated carbocycles. The van der Waals surface area contributed by atoms with E-state index in [0.29, 0.717) is 5.56 Å². The van der Waals surface area contributed by atoms with Gasteiger partial charge in [0.15, 0.2) is 0 Å². The molecule has 0 aliphatic heterocycles. The molecule has 2 aromatic heterocycles. The van der Waals surface area contributed by atoms with E-state index in [9.17, 15) is 4.39 Å². The molecule has 0 saturated heterocycles. The van der Waals surface area contributed by atoms with Crippen LogP contribution < -0.4 is 0 Å². The molecular weight excluding hydrogens is 600 g/mol. The zero-order chi connectivity index (χ0) is 23.0. The van der Waals surface area contributed by atoms with Crippen LogP contribution in [0.1, 0.15) is 11.1 Å². The van der Waals surface area contributed by atoms with Crippen LogP contribution in [0.15, 0.2) is 103 Å². The zero-order valence-corrected chi connectivity index (χ0v) is 21.3. The Morgan fingerprint density at radius 3 is 2.15 bits per heavy atom. The number of hydrogen-bond donors (Lipinski definition) is 0. The number of hydrogen-bond acceptors (Lipinski definition) is 2. The summed E-state index contributed by atoms with van der Waals surface area (Å²) in [5.74, 6) is -0.239. The van der Waals surface area contributed by atoms with Gasteiger partial charge in [-0.2, -0.15) is 0 Å². The van der Waals surface area contributed by atoms with Gasteiger partial charge in [-0.3, -0.25) is 4.39 Å². The van der Waals surface area contributed by atoms with Crippen LogP contribution in [0.4, 0.5) is 4.39 Å². The van der Waals surface area contributed by atoms with E-state index in [1.165, 1.54) is 6.07 Å². The molecule has 34 heavy (non-hydrogen) atoms. The van der Waals surface area contributed by atoms with Crippen LogP contribution in [0.5, 0.6) is 0 Å². The summed E-state index contributed by atoms with van der Waals surface area (Å²) in [5, 5.41) is 0. The van der Waals surface area contributed by atoms with Gasteiger partial charge in [-0.15, -0.1) is 65.2 Å². The molecule has 0 N–H and O–H groups in total. The van der Waals surface area contributed by atoms with Crippen molar-refractivity contribution in [3.63, 3.8) is 0 Å². The van der Waals surface area contributed by atoms with Gasteiger partial charge < -0.3 is 9.97 Å². The first-order valence-corrected chi connectivity index (χ1v) is 10.7. The van der Waals surface area contributed by atoms with Crippen LogP contribution in [0.25, 0.3) is 33.6 Å². The van der Waals surface area contributed by atoms with Crippen molar-refractivity contribution in [1.29, 1.82) is 0 Å². The number of aromatic nitrogens is 2. The predicted molar refractivity (Wildman–Crippen MR) is 132 cm³/mol. The summed E-state index contributed by atoms with van der Waals surface area (Å²) in [6.45, 7) is 3.77. The minimum atomic E-state index is -0.239. The molecule has 4 heteroatoms. The largest absolute Gasteiger partial charge is 0.305 e. The van der Waals surface area contributed by atoms with Gasteiger partial charge in [-0.1, -0.05) is 55.5 Å². The van der Waals surface area contributed by atoms with Crippen molar-refractivity contribution in [3.8, 4) is 33.6 Å². The molecule has 0 spiro atoms. The van der Waals surface area contributed by atoms with Gasteiger partial charge in [-0.25, -0.2) is 0 Å². The Balaban J connectivity index is 0.000000212. The Kier molecular flexibility index (Phi) is 8.98. The standard InChI is InChI=1S/C19H15FN.C11H8N.Ir/c1-13-11-19(16-8-9-18(20)14(2)10-16)21-12-17(13)15-6-4-3-5-7-15;1-2-6-10(7-3-1)11-8-4-5-9-12-11;/h3-9,11-12H,1-2H3;1-6,8-9H;/q2*-1;. The van der Waals surface area contributed by atoms with Crippen molar-refractivity contribution < 1.29 is 24.5 Å². The third kappa shape index (κ3) is 6.32. The first kappa shape index (κ1) is 25.2. The van der Waals surface area contributed by atoms with E-state index in [1.807, 2.05) is 72.9 Å². The van der Waals surface area contributed by atoms with Crippen molar-refractivity contribution in [1.82, 2.24) is 9.97 Å². The summed E-state index contributed by atoms with van der Waals surface area (Å²) in [5.41, 5.74) is 7.55. The van der Waals surface area contributed by atoms with Gasteiger partial charge >= 0.3 is 0 Å². The second kappa shape index (κ2) is 12.1. The number of halogens is 1. The molecule has 2 heterocycles. The first-order chi connectivity index (χ1) is 16.1. The topological polar surface area (TPSA) is 25.8 Å². The Labute approximate surface area is 213 Å².